The van der Waals surface area contributed by atoms with Crippen LogP contribution in [0.3, 0.4) is 0 Å². The van der Waals surface area contributed by atoms with Crippen molar-refractivity contribution in [3.8, 4) is 33.6 Å². The Labute approximate surface area is 367 Å². The minimum absolute atomic E-state index is 0.129. The summed E-state index contributed by atoms with van der Waals surface area (Å²) in [5.41, 5.74) is 7.24. The number of alkyl carbamates (subject to hydrolysis) is 2. The number of benzene rings is 2. The van der Waals surface area contributed by atoms with Gasteiger partial charge in [-0.25, -0.2) is 29.5 Å². The number of nitrogens with zero attached hydrogens (tertiary/aromatic N) is 6. The summed E-state index contributed by atoms with van der Waals surface area (Å²) in [6, 6.07) is 6.45. The van der Waals surface area contributed by atoms with E-state index in [1.54, 1.807) is 22.7 Å². The number of ether oxygens (including phenoxy) is 2. The van der Waals surface area contributed by atoms with Gasteiger partial charge < -0.3 is 39.9 Å². The number of rotatable bonds is 11. The molecule has 0 bridgehead atoms. The van der Waals surface area contributed by atoms with E-state index in [2.05, 4.69) is 44.9 Å². The Morgan fingerprint density at radius 3 is 1.56 bits per heavy atom. The maximum atomic E-state index is 13.8. The molecule has 6 aromatic rings. The first-order valence-electron chi connectivity index (χ1n) is 21.0. The molecule has 4 aromatic heterocycles. The van der Waals surface area contributed by atoms with Crippen molar-refractivity contribution in [2.24, 2.45) is 11.8 Å². The SMILES string of the molecule is COC(=O)N[C@H](C(=O)N1CCC[C@H]1c1ncc(-c2ccc(-c3ccc(-c4cnc([C@@H]5CCCN5C(=O)[C@@H](NC(=O)OC)C(C)C)[nH]4)c4sc(C)nc34)c3sc(C)nc23)[nH]1)C(C)C. The van der Waals surface area contributed by atoms with Gasteiger partial charge in [0.2, 0.25) is 11.8 Å². The second-order valence-corrected chi connectivity index (χ2v) is 19.0. The molecule has 0 spiro atoms. The lowest BCUT2D eigenvalue weighted by Crippen LogP contribution is -2.51. The molecule has 62 heavy (non-hydrogen) atoms. The first kappa shape index (κ1) is 42.8. The van der Waals surface area contributed by atoms with Crippen LogP contribution in [0, 0.1) is 25.7 Å². The van der Waals surface area contributed by atoms with Gasteiger partial charge in [0.05, 0.1) is 80.5 Å². The molecule has 16 nitrogen and oxygen atoms in total. The summed E-state index contributed by atoms with van der Waals surface area (Å²) in [5, 5.41) is 7.28. The number of likely N-dealkylation sites (tertiary alicyclic amines) is 2. The van der Waals surface area contributed by atoms with Crippen molar-refractivity contribution >= 4 is 67.1 Å². The predicted octanol–water partition coefficient (Wildman–Crippen LogP) is 8.06. The molecule has 326 valence electrons. The van der Waals surface area contributed by atoms with E-state index in [9.17, 15) is 19.2 Å². The summed E-state index contributed by atoms with van der Waals surface area (Å²) in [7, 11) is 2.58. The molecule has 6 heterocycles. The maximum Gasteiger partial charge on any atom is 0.407 e. The number of imidazole rings is 2. The molecule has 0 saturated carbocycles. The van der Waals surface area contributed by atoms with Gasteiger partial charge in [-0.2, -0.15) is 0 Å². The molecule has 2 aromatic carbocycles. The molecule has 4 N–H and O–H groups in total. The highest BCUT2D eigenvalue weighted by Crippen LogP contribution is 2.44. The minimum atomic E-state index is -0.719. The third-order valence-corrected chi connectivity index (χ3v) is 13.9. The van der Waals surface area contributed by atoms with Crippen LogP contribution in [0.1, 0.15) is 87.1 Å². The number of amides is 4. The number of hydrogen-bond donors (Lipinski definition) is 4. The van der Waals surface area contributed by atoms with Crippen LogP contribution in [0.2, 0.25) is 0 Å². The number of carbonyl (C=O) groups is 4. The predicted molar refractivity (Wildman–Crippen MR) is 239 cm³/mol. The van der Waals surface area contributed by atoms with E-state index < -0.39 is 24.3 Å². The van der Waals surface area contributed by atoms with Crippen LogP contribution in [0.15, 0.2) is 36.7 Å². The van der Waals surface area contributed by atoms with E-state index in [0.29, 0.717) is 24.7 Å². The Hall–Kier alpha value is -5.88. The summed E-state index contributed by atoms with van der Waals surface area (Å²) in [6.45, 7) is 12.8. The molecule has 2 aliphatic heterocycles. The Kier molecular flexibility index (Phi) is 12.1. The number of aromatic nitrogens is 6. The molecule has 2 saturated heterocycles. The number of aromatic amines is 2. The molecule has 4 amide bonds. The number of fused-ring (bicyclic) bond motifs is 2. The number of carbonyl (C=O) groups excluding carboxylic acids is 4. The highest BCUT2D eigenvalue weighted by Gasteiger charge is 2.39. The van der Waals surface area contributed by atoms with Gasteiger partial charge in [0.25, 0.3) is 0 Å². The lowest BCUT2D eigenvalue weighted by molar-refractivity contribution is -0.136. The summed E-state index contributed by atoms with van der Waals surface area (Å²) in [5.74, 6) is 0.817. The summed E-state index contributed by atoms with van der Waals surface area (Å²) >= 11 is 3.25. The third-order valence-electron chi connectivity index (χ3n) is 11.8. The molecule has 2 aliphatic rings. The Morgan fingerprint density at radius 1 is 0.661 bits per heavy atom. The molecule has 0 unspecified atom stereocenters. The third kappa shape index (κ3) is 8.00. The lowest BCUT2D eigenvalue weighted by Gasteiger charge is -2.30. The Morgan fingerprint density at radius 2 is 1.08 bits per heavy atom. The van der Waals surface area contributed by atoms with Crippen molar-refractivity contribution < 1.29 is 28.7 Å². The number of H-pyrrole nitrogens is 2. The van der Waals surface area contributed by atoms with Crippen LogP contribution in [0.4, 0.5) is 9.59 Å². The highest BCUT2D eigenvalue weighted by atomic mass is 32.1. The molecule has 2 fully saturated rings. The van der Waals surface area contributed by atoms with E-state index in [1.165, 1.54) is 14.2 Å². The van der Waals surface area contributed by atoms with Gasteiger partial charge in [0.15, 0.2) is 0 Å². The number of methoxy groups -OCH3 is 2. The molecule has 4 atom stereocenters. The Balaban J connectivity index is 1.08. The molecule has 0 aliphatic carbocycles. The van der Waals surface area contributed by atoms with Crippen molar-refractivity contribution in [1.82, 2.24) is 50.3 Å². The topological polar surface area (TPSA) is 200 Å². The Bertz CT molecular complexity index is 2480. The van der Waals surface area contributed by atoms with Crippen LogP contribution in [0.5, 0.6) is 0 Å². The van der Waals surface area contributed by atoms with Crippen molar-refractivity contribution in [2.75, 3.05) is 27.3 Å². The number of thiazole rings is 2. The van der Waals surface area contributed by atoms with Crippen LogP contribution in [-0.2, 0) is 19.1 Å². The fraction of sp³-hybridized carbons (Fsp3) is 0.455. The second-order valence-electron chi connectivity index (χ2n) is 16.6. The standard InChI is InChI=1S/C44H52N10O6S2/c1-21(2)33(51-43(57)59-7)41(55)53-17-9-11-31(53)39-45-19-29(49-39)27-15-14-26(37-36(27)48-24(6)61-37)25-13-16-28(38-35(25)47-23(5)62-38)30-20-46-40(50-30)32-12-10-18-54(32)42(56)34(22(3)4)52-44(58)60-8/h13-16,19-22,31-34H,9-12,17-18H2,1-8H3,(H,45,49)(H,46,50)(H,51,57)(H,52,58)/t31-,32-,33-,34-/m0/s1. The number of hydrogen-bond acceptors (Lipinski definition) is 12. The molecule has 8 rings (SSSR count). The van der Waals surface area contributed by atoms with Crippen molar-refractivity contribution in [1.29, 1.82) is 0 Å². The van der Waals surface area contributed by atoms with Gasteiger partial charge in [0, 0.05) is 35.3 Å². The molecule has 0 radical (unpaired) electrons. The van der Waals surface area contributed by atoms with E-state index in [4.69, 9.17) is 29.4 Å². The molecule has 18 heteroatoms. The van der Waals surface area contributed by atoms with Gasteiger partial charge in [-0.15, -0.1) is 22.7 Å². The van der Waals surface area contributed by atoms with Gasteiger partial charge in [0.1, 0.15) is 23.7 Å². The average molecular weight is 881 g/mol. The van der Waals surface area contributed by atoms with Crippen LogP contribution in [0.25, 0.3) is 54.1 Å². The van der Waals surface area contributed by atoms with E-state index >= 15 is 0 Å². The number of aryl methyl sites for hydroxylation is 2. The quantitative estimate of drug-likeness (QED) is 0.0987. The zero-order valence-corrected chi connectivity index (χ0v) is 37.8. The first-order valence-corrected chi connectivity index (χ1v) is 22.6. The maximum absolute atomic E-state index is 13.8. The van der Waals surface area contributed by atoms with Crippen molar-refractivity contribution in [3.63, 3.8) is 0 Å². The zero-order valence-electron chi connectivity index (χ0n) is 36.1. The van der Waals surface area contributed by atoms with Gasteiger partial charge in [-0.1, -0.05) is 45.9 Å². The average Bonchev–Trinajstić information content (AvgIpc) is 4.11. The van der Waals surface area contributed by atoms with Crippen LogP contribution < -0.4 is 10.6 Å². The summed E-state index contributed by atoms with van der Waals surface area (Å²) in [4.78, 5) is 82.1. The van der Waals surface area contributed by atoms with Crippen LogP contribution in [-0.4, -0.2) is 103 Å². The molecular formula is C44H52N10O6S2. The molecular weight excluding hydrogens is 829 g/mol. The van der Waals surface area contributed by atoms with Crippen molar-refractivity contribution in [3.05, 3.63) is 58.3 Å². The second kappa shape index (κ2) is 17.5. The van der Waals surface area contributed by atoms with E-state index in [0.717, 1.165) is 89.8 Å². The number of nitrogens with one attached hydrogen (secondary N) is 4. The lowest BCUT2D eigenvalue weighted by atomic mass is 9.98. The highest BCUT2D eigenvalue weighted by molar-refractivity contribution is 7.19. The summed E-state index contributed by atoms with van der Waals surface area (Å²) in [6.07, 6.45) is 5.51. The van der Waals surface area contributed by atoms with E-state index in [-0.39, 0.29) is 35.7 Å². The van der Waals surface area contributed by atoms with Gasteiger partial charge in [-0.05, 0) is 57.4 Å². The fourth-order valence-electron chi connectivity index (χ4n) is 8.76. The van der Waals surface area contributed by atoms with Crippen LogP contribution >= 0.6 is 22.7 Å². The first-order chi connectivity index (χ1) is 29.8. The summed E-state index contributed by atoms with van der Waals surface area (Å²) < 4.78 is 11.6. The normalized spacial score (nSPS) is 17.6. The largest absolute Gasteiger partial charge is 0.453 e. The monoisotopic (exact) mass is 880 g/mol. The van der Waals surface area contributed by atoms with Crippen molar-refractivity contribution in [2.45, 2.75) is 91.4 Å². The smallest absolute Gasteiger partial charge is 0.407 e. The zero-order chi connectivity index (χ0) is 44.0. The minimum Gasteiger partial charge on any atom is -0.453 e. The van der Waals surface area contributed by atoms with Gasteiger partial charge in [-0.3, -0.25) is 9.59 Å². The fourth-order valence-corrected chi connectivity index (χ4v) is 10.7. The van der Waals surface area contributed by atoms with Gasteiger partial charge >= 0.3 is 12.2 Å². The van der Waals surface area contributed by atoms with E-state index in [1.807, 2.05) is 63.7 Å².